The van der Waals surface area contributed by atoms with Gasteiger partial charge in [0.2, 0.25) is 11.6 Å². The van der Waals surface area contributed by atoms with Crippen molar-refractivity contribution in [3.8, 4) is 5.75 Å². The number of anilines is 3. The van der Waals surface area contributed by atoms with Crippen LogP contribution in [0.2, 0.25) is 10.0 Å². The highest BCUT2D eigenvalue weighted by Gasteiger charge is 2.24. The standard InChI is InChI=1S/C18H14Cl2N6O4/c1-30-14-5-3-2-4-13(14)18(27)25-24-17-15(26(28)29)16(21-9-22-17)23-12-7-10(19)6-11(20)8-12/h2-9H,1H3,(H,25,27)(H2,21,22,23,24). The van der Waals surface area contributed by atoms with Crippen LogP contribution >= 0.6 is 23.2 Å². The maximum atomic E-state index is 12.4. The Hall–Kier alpha value is -3.63. The lowest BCUT2D eigenvalue weighted by Gasteiger charge is -2.12. The lowest BCUT2D eigenvalue weighted by atomic mass is 10.2. The van der Waals surface area contributed by atoms with E-state index in [4.69, 9.17) is 27.9 Å². The average Bonchev–Trinajstić information content (AvgIpc) is 2.71. The van der Waals surface area contributed by atoms with Gasteiger partial charge >= 0.3 is 5.69 Å². The molecule has 0 bridgehead atoms. The molecule has 3 rings (SSSR count). The molecule has 2 aromatic carbocycles. The Morgan fingerprint density at radius 2 is 1.77 bits per heavy atom. The van der Waals surface area contributed by atoms with Gasteiger partial charge in [0.05, 0.1) is 17.6 Å². The number of hydrogen-bond acceptors (Lipinski definition) is 8. The molecule has 0 atom stereocenters. The summed E-state index contributed by atoms with van der Waals surface area (Å²) in [6.45, 7) is 0. The highest BCUT2D eigenvalue weighted by Crippen LogP contribution is 2.32. The first-order valence-electron chi connectivity index (χ1n) is 8.31. The summed E-state index contributed by atoms with van der Waals surface area (Å²) in [5.41, 5.74) is 4.94. The van der Waals surface area contributed by atoms with Gasteiger partial charge in [-0.3, -0.25) is 25.8 Å². The number of nitro groups is 1. The normalized spacial score (nSPS) is 10.2. The summed E-state index contributed by atoms with van der Waals surface area (Å²) in [5.74, 6) is -0.582. The number of ether oxygens (including phenoxy) is 1. The van der Waals surface area contributed by atoms with Crippen LogP contribution in [0.3, 0.4) is 0 Å². The van der Waals surface area contributed by atoms with Gasteiger partial charge in [-0.1, -0.05) is 35.3 Å². The summed E-state index contributed by atoms with van der Waals surface area (Å²) in [6, 6.07) is 11.1. The third-order valence-electron chi connectivity index (χ3n) is 3.78. The minimum Gasteiger partial charge on any atom is -0.496 e. The lowest BCUT2D eigenvalue weighted by Crippen LogP contribution is -2.30. The number of benzene rings is 2. The zero-order valence-electron chi connectivity index (χ0n) is 15.3. The molecule has 10 nitrogen and oxygen atoms in total. The van der Waals surface area contributed by atoms with Crippen molar-refractivity contribution < 1.29 is 14.5 Å². The van der Waals surface area contributed by atoms with E-state index in [2.05, 4.69) is 26.1 Å². The molecule has 1 aromatic heterocycles. The zero-order valence-corrected chi connectivity index (χ0v) is 16.9. The largest absolute Gasteiger partial charge is 0.496 e. The van der Waals surface area contributed by atoms with E-state index in [1.165, 1.54) is 25.3 Å². The predicted octanol–water partition coefficient (Wildman–Crippen LogP) is 4.20. The summed E-state index contributed by atoms with van der Waals surface area (Å²) >= 11 is 11.9. The molecule has 0 aliphatic rings. The molecule has 0 radical (unpaired) electrons. The fourth-order valence-corrected chi connectivity index (χ4v) is 3.04. The van der Waals surface area contributed by atoms with Crippen LogP contribution < -0.4 is 20.9 Å². The van der Waals surface area contributed by atoms with Gasteiger partial charge in [-0.25, -0.2) is 9.97 Å². The number of nitrogens with one attached hydrogen (secondary N) is 3. The van der Waals surface area contributed by atoms with E-state index in [0.717, 1.165) is 6.33 Å². The molecule has 0 saturated heterocycles. The van der Waals surface area contributed by atoms with E-state index in [9.17, 15) is 14.9 Å². The highest BCUT2D eigenvalue weighted by atomic mass is 35.5. The number of para-hydroxylation sites is 1. The Labute approximate surface area is 180 Å². The number of hydrogen-bond donors (Lipinski definition) is 3. The van der Waals surface area contributed by atoms with Crippen molar-refractivity contribution in [2.24, 2.45) is 0 Å². The Balaban J connectivity index is 1.86. The number of carbonyl (C=O) groups excluding carboxylic acids is 1. The number of methoxy groups -OCH3 is 1. The molecule has 0 aliphatic carbocycles. The molecule has 3 N–H and O–H groups in total. The van der Waals surface area contributed by atoms with Gasteiger partial charge in [0.1, 0.15) is 12.1 Å². The molecule has 1 amide bonds. The fraction of sp³-hybridized carbons (Fsp3) is 0.0556. The third kappa shape index (κ3) is 4.85. The Bertz CT molecular complexity index is 1090. The van der Waals surface area contributed by atoms with Crippen LogP contribution in [0.15, 0.2) is 48.8 Å². The van der Waals surface area contributed by atoms with Crippen LogP contribution in [0.25, 0.3) is 0 Å². The van der Waals surface area contributed by atoms with Crippen LogP contribution in [0.4, 0.5) is 23.0 Å². The molecule has 0 spiro atoms. The second kappa shape index (κ2) is 9.25. The summed E-state index contributed by atoms with van der Waals surface area (Å²) in [7, 11) is 1.43. The van der Waals surface area contributed by atoms with E-state index in [1.54, 1.807) is 24.3 Å². The zero-order chi connectivity index (χ0) is 21.7. The van der Waals surface area contributed by atoms with Gasteiger partial charge in [-0.05, 0) is 30.3 Å². The molecule has 1 heterocycles. The van der Waals surface area contributed by atoms with Crippen LogP contribution in [0, 0.1) is 10.1 Å². The third-order valence-corrected chi connectivity index (χ3v) is 4.21. The molecular formula is C18H14Cl2N6O4. The van der Waals surface area contributed by atoms with Gasteiger partial charge in [0, 0.05) is 15.7 Å². The van der Waals surface area contributed by atoms with E-state index < -0.39 is 16.5 Å². The molecule has 0 fully saturated rings. The lowest BCUT2D eigenvalue weighted by molar-refractivity contribution is -0.383. The first-order valence-corrected chi connectivity index (χ1v) is 9.06. The number of nitrogens with zero attached hydrogens (tertiary/aromatic N) is 3. The second-order valence-electron chi connectivity index (χ2n) is 5.74. The fourth-order valence-electron chi connectivity index (χ4n) is 2.51. The van der Waals surface area contributed by atoms with Gasteiger partial charge in [0.15, 0.2) is 0 Å². The maximum Gasteiger partial charge on any atom is 0.355 e. The van der Waals surface area contributed by atoms with Gasteiger partial charge in [0.25, 0.3) is 5.91 Å². The topological polar surface area (TPSA) is 131 Å². The van der Waals surface area contributed by atoms with E-state index >= 15 is 0 Å². The van der Waals surface area contributed by atoms with Crippen molar-refractivity contribution in [2.45, 2.75) is 0 Å². The van der Waals surface area contributed by atoms with Crippen molar-refractivity contribution in [3.05, 3.63) is 74.5 Å². The average molecular weight is 449 g/mol. The Morgan fingerprint density at radius 1 is 1.10 bits per heavy atom. The number of rotatable bonds is 7. The van der Waals surface area contributed by atoms with Crippen LogP contribution in [-0.2, 0) is 0 Å². The Kier molecular flexibility index (Phi) is 6.50. The number of aromatic nitrogens is 2. The highest BCUT2D eigenvalue weighted by molar-refractivity contribution is 6.35. The predicted molar refractivity (Wildman–Crippen MR) is 113 cm³/mol. The van der Waals surface area contributed by atoms with E-state index in [1.807, 2.05) is 0 Å². The van der Waals surface area contributed by atoms with Gasteiger partial charge < -0.3 is 10.1 Å². The summed E-state index contributed by atoms with van der Waals surface area (Å²) in [4.78, 5) is 31.1. The molecule has 0 unspecified atom stereocenters. The van der Waals surface area contributed by atoms with Crippen molar-refractivity contribution in [1.29, 1.82) is 0 Å². The molecule has 154 valence electrons. The summed E-state index contributed by atoms with van der Waals surface area (Å²) in [6.07, 6.45) is 1.10. The molecule has 30 heavy (non-hydrogen) atoms. The molecule has 12 heteroatoms. The van der Waals surface area contributed by atoms with Crippen LogP contribution in [0.5, 0.6) is 5.75 Å². The van der Waals surface area contributed by atoms with Crippen molar-refractivity contribution in [3.63, 3.8) is 0 Å². The maximum absolute atomic E-state index is 12.4. The smallest absolute Gasteiger partial charge is 0.355 e. The minimum absolute atomic E-state index is 0.123. The first kappa shape index (κ1) is 21.1. The van der Waals surface area contributed by atoms with Crippen LogP contribution in [0.1, 0.15) is 10.4 Å². The molecule has 0 saturated carbocycles. The monoisotopic (exact) mass is 448 g/mol. The van der Waals surface area contributed by atoms with Crippen molar-refractivity contribution in [1.82, 2.24) is 15.4 Å². The molecule has 3 aromatic rings. The number of carbonyl (C=O) groups is 1. The second-order valence-corrected chi connectivity index (χ2v) is 6.61. The molecular weight excluding hydrogens is 435 g/mol. The van der Waals surface area contributed by atoms with Crippen molar-refractivity contribution >= 4 is 52.1 Å². The SMILES string of the molecule is COc1ccccc1C(=O)NNc1ncnc(Nc2cc(Cl)cc(Cl)c2)c1[N+](=O)[O-]. The minimum atomic E-state index is -0.688. The number of amides is 1. The summed E-state index contributed by atoms with van der Waals surface area (Å²) in [5, 5.41) is 15.1. The molecule has 0 aliphatic heterocycles. The Morgan fingerprint density at radius 3 is 2.43 bits per heavy atom. The van der Waals surface area contributed by atoms with Gasteiger partial charge in [-0.15, -0.1) is 0 Å². The van der Waals surface area contributed by atoms with E-state index in [0.29, 0.717) is 21.5 Å². The van der Waals surface area contributed by atoms with Gasteiger partial charge in [-0.2, -0.15) is 0 Å². The van der Waals surface area contributed by atoms with E-state index in [-0.39, 0.29) is 17.2 Å². The quantitative estimate of drug-likeness (QED) is 0.361. The number of hydrazine groups is 1. The van der Waals surface area contributed by atoms with Crippen LogP contribution in [-0.4, -0.2) is 27.9 Å². The summed E-state index contributed by atoms with van der Waals surface area (Å²) < 4.78 is 5.13. The number of halogens is 2. The first-order chi connectivity index (χ1) is 14.4. The van der Waals surface area contributed by atoms with Crippen molar-refractivity contribution in [2.75, 3.05) is 17.9 Å².